The maximum Gasteiger partial charge on any atom is 0.298 e. The van der Waals surface area contributed by atoms with Crippen molar-refractivity contribution in [1.29, 1.82) is 0 Å². The lowest BCUT2D eigenvalue weighted by Gasteiger charge is -2.10. The van der Waals surface area contributed by atoms with E-state index in [1.807, 2.05) is 0 Å². The molecule has 0 spiro atoms. The summed E-state index contributed by atoms with van der Waals surface area (Å²) < 4.78 is 69.8. The molecule has 0 saturated carbocycles. The maximum absolute atomic E-state index is 11.6. The number of benzene rings is 3. The van der Waals surface area contributed by atoms with Crippen LogP contribution in [0.3, 0.4) is 0 Å². The third kappa shape index (κ3) is 4.19. The van der Waals surface area contributed by atoms with Gasteiger partial charge in [0.1, 0.15) is 22.0 Å². The van der Waals surface area contributed by atoms with Gasteiger partial charge < -0.3 is 9.84 Å². The van der Waals surface area contributed by atoms with Crippen molar-refractivity contribution < 1.29 is 35.8 Å². The number of phenolic OH excluding ortho intramolecular Hbond substituents is 1. The van der Waals surface area contributed by atoms with Crippen LogP contribution in [0.4, 0.5) is 11.4 Å². The van der Waals surface area contributed by atoms with E-state index in [9.17, 15) is 31.0 Å². The summed E-state index contributed by atoms with van der Waals surface area (Å²) in [6.45, 7) is 0. The Hall–Kier alpha value is -3.06. The summed E-state index contributed by atoms with van der Waals surface area (Å²) in [7, 11) is -8.04. The predicted octanol–water partition coefficient (Wildman–Crippen LogP) is 3.46. The zero-order valence-corrected chi connectivity index (χ0v) is 16.3. The number of azo groups is 1. The Balaban J connectivity index is 2.32. The SMILES string of the molecule is COc1ccccc1N=Nc1c(O)c(S(=O)(=O)O)cc2cc(S(=O)(=O)O)ccc12. The topological polar surface area (TPSA) is 163 Å². The number of hydrogen-bond donors (Lipinski definition) is 3. The molecule has 29 heavy (non-hydrogen) atoms. The first-order chi connectivity index (χ1) is 13.5. The van der Waals surface area contributed by atoms with Gasteiger partial charge in [-0.3, -0.25) is 9.11 Å². The minimum absolute atomic E-state index is 0.0282. The second-order valence-electron chi connectivity index (χ2n) is 5.78. The summed E-state index contributed by atoms with van der Waals surface area (Å²) in [6.07, 6.45) is 0. The van der Waals surface area contributed by atoms with Gasteiger partial charge in [-0.25, -0.2) is 0 Å². The molecule has 3 aromatic rings. The quantitative estimate of drug-likeness (QED) is 0.403. The Bertz CT molecular complexity index is 1350. The fraction of sp³-hybridized carbons (Fsp3) is 0.0588. The number of hydrogen-bond acceptors (Lipinski definition) is 8. The maximum atomic E-state index is 11.6. The van der Waals surface area contributed by atoms with Crippen LogP contribution < -0.4 is 4.74 Å². The molecule has 12 heteroatoms. The Morgan fingerprint density at radius 2 is 1.59 bits per heavy atom. The van der Waals surface area contributed by atoms with Gasteiger partial charge in [-0.05, 0) is 35.7 Å². The van der Waals surface area contributed by atoms with Gasteiger partial charge >= 0.3 is 0 Å². The summed E-state index contributed by atoms with van der Waals surface area (Å²) in [5.74, 6) is -0.516. The first kappa shape index (κ1) is 20.7. The van der Waals surface area contributed by atoms with E-state index >= 15 is 0 Å². The lowest BCUT2D eigenvalue weighted by atomic mass is 10.1. The number of fused-ring (bicyclic) bond motifs is 1. The van der Waals surface area contributed by atoms with E-state index < -0.39 is 35.8 Å². The van der Waals surface area contributed by atoms with Crippen LogP contribution in [-0.4, -0.2) is 38.2 Å². The lowest BCUT2D eigenvalue weighted by Crippen LogP contribution is -2.00. The van der Waals surface area contributed by atoms with Crippen molar-refractivity contribution in [2.75, 3.05) is 7.11 Å². The van der Waals surface area contributed by atoms with Crippen LogP contribution in [0, 0.1) is 0 Å². The molecule has 10 nitrogen and oxygen atoms in total. The van der Waals surface area contributed by atoms with Gasteiger partial charge in [0, 0.05) is 5.39 Å². The molecule has 0 aliphatic rings. The monoisotopic (exact) mass is 438 g/mol. The summed E-state index contributed by atoms with van der Waals surface area (Å²) >= 11 is 0. The third-order valence-corrected chi connectivity index (χ3v) is 5.66. The van der Waals surface area contributed by atoms with Crippen LogP contribution in [0.2, 0.25) is 0 Å². The van der Waals surface area contributed by atoms with Gasteiger partial charge in [-0.15, -0.1) is 10.2 Å². The number of aromatic hydroxyl groups is 1. The second-order valence-corrected chi connectivity index (χ2v) is 8.59. The number of methoxy groups -OCH3 is 1. The normalized spacial score (nSPS) is 12.5. The van der Waals surface area contributed by atoms with Crippen LogP contribution in [0.5, 0.6) is 11.5 Å². The van der Waals surface area contributed by atoms with Crippen LogP contribution >= 0.6 is 0 Å². The van der Waals surface area contributed by atoms with E-state index in [1.165, 1.54) is 13.2 Å². The Kier molecular flexibility index (Phi) is 5.28. The highest BCUT2D eigenvalue weighted by Gasteiger charge is 2.23. The molecule has 0 radical (unpaired) electrons. The minimum atomic E-state index is -4.88. The first-order valence-corrected chi connectivity index (χ1v) is 10.7. The summed E-state index contributed by atoms with van der Waals surface area (Å²) in [4.78, 5) is -1.41. The molecule has 0 amide bonds. The molecule has 3 rings (SSSR count). The van der Waals surface area contributed by atoms with Crippen LogP contribution in [0.15, 0.2) is 68.6 Å². The number of para-hydroxylation sites is 1. The Morgan fingerprint density at radius 1 is 0.897 bits per heavy atom. The van der Waals surface area contributed by atoms with Gasteiger partial charge in [0.05, 0.1) is 12.0 Å². The van der Waals surface area contributed by atoms with E-state index in [4.69, 9.17) is 4.74 Å². The summed E-state index contributed by atoms with van der Waals surface area (Å²) in [5.41, 5.74) is -0.0581. The standard InChI is InChI=1S/C17H14N2O8S2/c1-27-14-5-3-2-4-13(14)18-19-16-12-7-6-11(28(21,22)23)8-10(12)9-15(17(16)20)29(24,25)26/h2-9,20H,1H3,(H,21,22,23)(H,24,25,26). The van der Waals surface area contributed by atoms with E-state index in [2.05, 4.69) is 10.2 Å². The van der Waals surface area contributed by atoms with Crippen molar-refractivity contribution >= 4 is 42.4 Å². The van der Waals surface area contributed by atoms with Crippen molar-refractivity contribution in [2.45, 2.75) is 9.79 Å². The van der Waals surface area contributed by atoms with E-state index in [1.54, 1.807) is 24.3 Å². The predicted molar refractivity (Wildman–Crippen MR) is 102 cm³/mol. The molecule has 3 aromatic carbocycles. The van der Waals surface area contributed by atoms with Crippen molar-refractivity contribution in [1.82, 2.24) is 0 Å². The average molecular weight is 438 g/mol. The fourth-order valence-corrected chi connectivity index (χ4v) is 3.74. The molecule has 152 valence electrons. The minimum Gasteiger partial charge on any atom is -0.504 e. The van der Waals surface area contributed by atoms with Gasteiger partial charge in [0.2, 0.25) is 0 Å². The van der Waals surface area contributed by atoms with E-state index in [-0.39, 0.29) is 22.1 Å². The van der Waals surface area contributed by atoms with Crippen molar-refractivity contribution in [3.8, 4) is 11.5 Å². The van der Waals surface area contributed by atoms with Crippen LogP contribution in [0.1, 0.15) is 0 Å². The van der Waals surface area contributed by atoms with Gasteiger partial charge in [0.25, 0.3) is 20.2 Å². The van der Waals surface area contributed by atoms with Crippen LogP contribution in [-0.2, 0) is 20.2 Å². The number of ether oxygens (including phenoxy) is 1. The highest BCUT2D eigenvalue weighted by atomic mass is 32.2. The Morgan fingerprint density at radius 3 is 2.21 bits per heavy atom. The molecule has 0 aliphatic heterocycles. The zero-order chi connectivity index (χ0) is 21.4. The molecule has 0 bridgehead atoms. The first-order valence-electron chi connectivity index (χ1n) is 7.82. The smallest absolute Gasteiger partial charge is 0.298 e. The molecule has 0 unspecified atom stereocenters. The molecular weight excluding hydrogens is 424 g/mol. The zero-order valence-electron chi connectivity index (χ0n) is 14.7. The number of nitrogens with zero attached hydrogens (tertiary/aromatic N) is 2. The van der Waals surface area contributed by atoms with Crippen molar-refractivity contribution in [3.05, 3.63) is 48.5 Å². The highest BCUT2D eigenvalue weighted by Crippen LogP contribution is 2.42. The van der Waals surface area contributed by atoms with Gasteiger partial charge in [0.15, 0.2) is 5.75 Å². The highest BCUT2D eigenvalue weighted by molar-refractivity contribution is 7.86. The molecule has 0 atom stereocenters. The molecular formula is C17H14N2O8S2. The van der Waals surface area contributed by atoms with Gasteiger partial charge in [-0.2, -0.15) is 16.8 Å². The molecule has 0 aromatic heterocycles. The number of phenols is 1. The molecule has 0 fully saturated rings. The fourth-order valence-electron chi connectivity index (χ4n) is 2.60. The third-order valence-electron chi connectivity index (χ3n) is 3.94. The second kappa shape index (κ2) is 7.40. The van der Waals surface area contributed by atoms with Crippen LogP contribution in [0.25, 0.3) is 10.8 Å². The largest absolute Gasteiger partial charge is 0.504 e. The summed E-state index contributed by atoms with van der Waals surface area (Å²) in [6, 6.07) is 10.6. The summed E-state index contributed by atoms with van der Waals surface area (Å²) in [5, 5.41) is 18.3. The van der Waals surface area contributed by atoms with E-state index in [0.29, 0.717) is 5.75 Å². The van der Waals surface area contributed by atoms with Crippen molar-refractivity contribution in [3.63, 3.8) is 0 Å². The molecule has 0 heterocycles. The van der Waals surface area contributed by atoms with Gasteiger partial charge in [-0.1, -0.05) is 18.2 Å². The molecule has 0 saturated heterocycles. The lowest BCUT2D eigenvalue weighted by molar-refractivity contribution is 0.415. The molecule has 3 N–H and O–H groups in total. The van der Waals surface area contributed by atoms with E-state index in [0.717, 1.165) is 18.2 Å². The Labute approximate surface area is 165 Å². The number of rotatable bonds is 5. The molecule has 0 aliphatic carbocycles. The average Bonchev–Trinajstić information content (AvgIpc) is 2.65. The van der Waals surface area contributed by atoms with Crippen molar-refractivity contribution in [2.24, 2.45) is 10.2 Å².